The molecule has 1 atom stereocenters. The molecule has 1 amide bonds. The lowest BCUT2D eigenvalue weighted by molar-refractivity contribution is -0.169. The summed E-state index contributed by atoms with van der Waals surface area (Å²) in [6.07, 6.45) is 0.621. The van der Waals surface area contributed by atoms with Crippen LogP contribution in [0.25, 0.3) is 0 Å². The summed E-state index contributed by atoms with van der Waals surface area (Å²) in [7, 11) is 0. The number of piperidine rings is 1. The summed E-state index contributed by atoms with van der Waals surface area (Å²) >= 11 is 4.97. The lowest BCUT2D eigenvalue weighted by Crippen LogP contribution is -2.45. The lowest BCUT2D eigenvalue weighted by Gasteiger charge is -2.38. The predicted molar refractivity (Wildman–Crippen MR) is 106 cm³/mol. The minimum atomic E-state index is -0.490. The average Bonchev–Trinajstić information content (AvgIpc) is 3.28. The number of anilines is 2. The fraction of sp³-hybridized carbons (Fsp3) is 0.579. The van der Waals surface area contributed by atoms with E-state index in [1.165, 1.54) is 11.0 Å². The fourth-order valence-corrected chi connectivity index (χ4v) is 3.97. The third-order valence-electron chi connectivity index (χ3n) is 5.38. The highest BCUT2D eigenvalue weighted by Gasteiger charge is 2.40. The van der Waals surface area contributed by atoms with Crippen LogP contribution in [0.2, 0.25) is 0 Å². The highest BCUT2D eigenvalue weighted by molar-refractivity contribution is 7.80. The zero-order valence-corrected chi connectivity index (χ0v) is 16.6. The number of hydrogen-bond acceptors (Lipinski definition) is 6. The molecular formula is C19H24FN3O4S. The van der Waals surface area contributed by atoms with E-state index in [-0.39, 0.29) is 11.9 Å². The van der Waals surface area contributed by atoms with E-state index in [9.17, 15) is 9.18 Å². The van der Waals surface area contributed by atoms with Gasteiger partial charge < -0.3 is 24.4 Å². The topological polar surface area (TPSA) is 63.3 Å². The van der Waals surface area contributed by atoms with Crippen LogP contribution in [0.3, 0.4) is 0 Å². The van der Waals surface area contributed by atoms with Gasteiger partial charge in [0.15, 0.2) is 5.79 Å². The van der Waals surface area contributed by atoms with Crippen molar-refractivity contribution in [3.05, 3.63) is 24.0 Å². The van der Waals surface area contributed by atoms with E-state index < -0.39 is 11.9 Å². The van der Waals surface area contributed by atoms with Crippen molar-refractivity contribution < 1.29 is 23.4 Å². The number of amides is 1. The zero-order valence-electron chi connectivity index (χ0n) is 15.8. The second kappa shape index (κ2) is 7.81. The number of nitrogens with one attached hydrogen (secondary N) is 1. The molecule has 0 saturated carbocycles. The molecule has 3 saturated heterocycles. The van der Waals surface area contributed by atoms with Crippen molar-refractivity contribution >= 4 is 34.7 Å². The zero-order chi connectivity index (χ0) is 19.7. The highest BCUT2D eigenvalue weighted by Crippen LogP contribution is 2.35. The van der Waals surface area contributed by atoms with Gasteiger partial charge in [-0.1, -0.05) is 12.2 Å². The molecule has 7 nitrogen and oxygen atoms in total. The number of carbonyl (C=O) groups is 1. The van der Waals surface area contributed by atoms with Crippen molar-refractivity contribution in [1.29, 1.82) is 0 Å². The third kappa shape index (κ3) is 3.92. The van der Waals surface area contributed by atoms with E-state index in [4.69, 9.17) is 26.4 Å². The molecule has 0 bridgehead atoms. The first-order valence-electron chi connectivity index (χ1n) is 9.51. The van der Waals surface area contributed by atoms with Gasteiger partial charge in [-0.15, -0.1) is 0 Å². The molecule has 152 valence electrons. The summed E-state index contributed by atoms with van der Waals surface area (Å²) in [5.41, 5.74) is 1.02. The number of ether oxygens (including phenoxy) is 3. The SMILES string of the molecule is CC(=S)NCC1CN(c2ccc(N3CCC4(CC3)OCCO4)c(F)c2)C(=O)O1. The van der Waals surface area contributed by atoms with Crippen LogP contribution in [0.1, 0.15) is 19.8 Å². The third-order valence-corrected chi connectivity index (χ3v) is 5.52. The van der Waals surface area contributed by atoms with E-state index in [0.29, 0.717) is 68.6 Å². The Kier molecular flexibility index (Phi) is 5.39. The molecular weight excluding hydrogens is 385 g/mol. The van der Waals surface area contributed by atoms with Gasteiger partial charge in [0.2, 0.25) is 0 Å². The van der Waals surface area contributed by atoms with Gasteiger partial charge >= 0.3 is 6.09 Å². The molecule has 28 heavy (non-hydrogen) atoms. The molecule has 9 heteroatoms. The van der Waals surface area contributed by atoms with Crippen molar-refractivity contribution in [3.63, 3.8) is 0 Å². The first-order chi connectivity index (χ1) is 13.5. The van der Waals surface area contributed by atoms with Gasteiger partial charge in [0.05, 0.1) is 42.7 Å². The fourth-order valence-electron chi connectivity index (χ4n) is 3.89. The highest BCUT2D eigenvalue weighted by atomic mass is 32.1. The van der Waals surface area contributed by atoms with Gasteiger partial charge in [-0.05, 0) is 25.1 Å². The van der Waals surface area contributed by atoms with Crippen molar-refractivity contribution in [2.75, 3.05) is 49.2 Å². The van der Waals surface area contributed by atoms with Gasteiger partial charge in [-0.25, -0.2) is 9.18 Å². The summed E-state index contributed by atoms with van der Waals surface area (Å²) in [5.74, 6) is -0.846. The molecule has 3 aliphatic heterocycles. The number of cyclic esters (lactones) is 1. The predicted octanol–water partition coefficient (Wildman–Crippen LogP) is 2.43. The molecule has 1 unspecified atom stereocenters. The van der Waals surface area contributed by atoms with Crippen LogP contribution < -0.4 is 15.1 Å². The number of benzene rings is 1. The molecule has 1 spiro atoms. The Bertz CT molecular complexity index is 762. The van der Waals surface area contributed by atoms with Crippen LogP contribution in [-0.2, 0) is 14.2 Å². The van der Waals surface area contributed by atoms with E-state index in [1.807, 2.05) is 4.90 Å². The Labute approximate surface area is 168 Å². The van der Waals surface area contributed by atoms with E-state index in [2.05, 4.69) is 5.32 Å². The number of hydrogen-bond donors (Lipinski definition) is 1. The number of thiocarbonyl (C=S) groups is 1. The molecule has 3 aliphatic rings. The maximum atomic E-state index is 14.8. The Morgan fingerprint density at radius 3 is 2.68 bits per heavy atom. The molecule has 1 aromatic rings. The number of nitrogens with zero attached hydrogens (tertiary/aromatic N) is 2. The monoisotopic (exact) mass is 409 g/mol. The van der Waals surface area contributed by atoms with E-state index >= 15 is 0 Å². The van der Waals surface area contributed by atoms with Gasteiger partial charge in [-0.2, -0.15) is 0 Å². The second-order valence-electron chi connectivity index (χ2n) is 7.28. The molecule has 3 fully saturated rings. The summed E-state index contributed by atoms with van der Waals surface area (Å²) in [5, 5.41) is 2.99. The van der Waals surface area contributed by atoms with Crippen LogP contribution in [0, 0.1) is 5.82 Å². The summed E-state index contributed by atoms with van der Waals surface area (Å²) in [4.78, 5) is 16.2. The van der Waals surface area contributed by atoms with Crippen molar-refractivity contribution in [2.45, 2.75) is 31.7 Å². The Hall–Kier alpha value is -1.97. The van der Waals surface area contributed by atoms with Crippen molar-refractivity contribution in [3.8, 4) is 0 Å². The van der Waals surface area contributed by atoms with Gasteiger partial charge in [-0.3, -0.25) is 4.90 Å². The molecule has 3 heterocycles. The minimum Gasteiger partial charge on any atom is -0.442 e. The van der Waals surface area contributed by atoms with Gasteiger partial charge in [0.25, 0.3) is 0 Å². The van der Waals surface area contributed by atoms with Gasteiger partial charge in [0.1, 0.15) is 11.9 Å². The summed E-state index contributed by atoms with van der Waals surface area (Å²) in [6, 6.07) is 4.87. The second-order valence-corrected chi connectivity index (χ2v) is 7.90. The Balaban J connectivity index is 1.41. The largest absolute Gasteiger partial charge is 0.442 e. The normalized spacial score (nSPS) is 23.9. The molecule has 0 radical (unpaired) electrons. The van der Waals surface area contributed by atoms with Crippen LogP contribution in [0.4, 0.5) is 20.6 Å². The Morgan fingerprint density at radius 1 is 1.32 bits per heavy atom. The Morgan fingerprint density at radius 2 is 2.04 bits per heavy atom. The van der Waals surface area contributed by atoms with Crippen molar-refractivity contribution in [1.82, 2.24) is 5.32 Å². The van der Waals surface area contributed by atoms with E-state index in [0.717, 1.165) is 0 Å². The van der Waals surface area contributed by atoms with E-state index in [1.54, 1.807) is 19.1 Å². The van der Waals surface area contributed by atoms with Crippen LogP contribution in [0.5, 0.6) is 0 Å². The smallest absolute Gasteiger partial charge is 0.414 e. The number of halogens is 1. The molecule has 1 N–H and O–H groups in total. The number of rotatable bonds is 4. The minimum absolute atomic E-state index is 0.321. The first-order valence-corrected chi connectivity index (χ1v) is 9.92. The van der Waals surface area contributed by atoms with Crippen LogP contribution >= 0.6 is 12.2 Å². The lowest BCUT2D eigenvalue weighted by atomic mass is 10.0. The van der Waals surface area contributed by atoms with Crippen molar-refractivity contribution in [2.24, 2.45) is 0 Å². The number of carbonyl (C=O) groups excluding carboxylic acids is 1. The van der Waals surface area contributed by atoms with Crippen LogP contribution in [0.15, 0.2) is 18.2 Å². The standard InChI is InChI=1S/C19H24FN3O4S/c1-13(28)21-11-15-12-23(18(24)27-15)14-2-3-17(16(20)10-14)22-6-4-19(5-7-22)25-8-9-26-19/h2-3,10,15H,4-9,11-12H2,1H3,(H,21,28). The summed E-state index contributed by atoms with van der Waals surface area (Å²) < 4.78 is 31.6. The first kappa shape index (κ1) is 19.4. The van der Waals surface area contributed by atoms with Gasteiger partial charge in [0, 0.05) is 25.9 Å². The maximum absolute atomic E-state index is 14.8. The molecule has 4 rings (SSSR count). The average molecular weight is 409 g/mol. The maximum Gasteiger partial charge on any atom is 0.414 e. The van der Waals surface area contributed by atoms with Crippen LogP contribution in [-0.4, -0.2) is 62.4 Å². The molecule has 0 aliphatic carbocycles. The quantitative estimate of drug-likeness (QED) is 0.767. The molecule has 0 aromatic heterocycles. The molecule has 1 aromatic carbocycles. The summed E-state index contributed by atoms with van der Waals surface area (Å²) in [6.45, 7) is 5.13.